The van der Waals surface area contributed by atoms with Gasteiger partial charge in [-0.2, -0.15) is 0 Å². The zero-order valence-corrected chi connectivity index (χ0v) is 12.0. The summed E-state index contributed by atoms with van der Waals surface area (Å²) in [4.78, 5) is 2.49. The SMILES string of the molecule is CC(C)(C)CCNCC1CCN(CCN)CC1. The highest BCUT2D eigenvalue weighted by molar-refractivity contribution is 4.74. The van der Waals surface area contributed by atoms with Gasteiger partial charge in [0.1, 0.15) is 0 Å². The molecule has 0 atom stereocenters. The second-order valence-electron chi connectivity index (χ2n) is 6.59. The van der Waals surface area contributed by atoms with Crippen molar-refractivity contribution in [2.45, 2.75) is 40.0 Å². The third kappa shape index (κ3) is 7.02. The summed E-state index contributed by atoms with van der Waals surface area (Å²) in [6.07, 6.45) is 3.93. The Morgan fingerprint density at radius 3 is 2.41 bits per heavy atom. The number of piperidine rings is 1. The lowest BCUT2D eigenvalue weighted by atomic mass is 9.92. The van der Waals surface area contributed by atoms with Crippen LogP contribution in [-0.4, -0.2) is 44.2 Å². The van der Waals surface area contributed by atoms with E-state index in [0.29, 0.717) is 5.41 Å². The zero-order valence-electron chi connectivity index (χ0n) is 12.0. The summed E-state index contributed by atoms with van der Waals surface area (Å²) in [6.45, 7) is 13.6. The Balaban J connectivity index is 2.02. The van der Waals surface area contributed by atoms with Crippen LogP contribution in [-0.2, 0) is 0 Å². The van der Waals surface area contributed by atoms with Gasteiger partial charge in [-0.15, -0.1) is 0 Å². The van der Waals surface area contributed by atoms with Crippen LogP contribution in [0, 0.1) is 11.3 Å². The Labute approximate surface area is 107 Å². The van der Waals surface area contributed by atoms with E-state index in [1.54, 1.807) is 0 Å². The topological polar surface area (TPSA) is 41.3 Å². The molecule has 0 radical (unpaired) electrons. The molecule has 102 valence electrons. The molecule has 3 nitrogen and oxygen atoms in total. The second kappa shape index (κ2) is 7.34. The zero-order chi connectivity index (χ0) is 12.7. The van der Waals surface area contributed by atoms with Crippen LogP contribution >= 0.6 is 0 Å². The van der Waals surface area contributed by atoms with Gasteiger partial charge >= 0.3 is 0 Å². The number of nitrogens with one attached hydrogen (secondary N) is 1. The average Bonchev–Trinajstić information content (AvgIpc) is 2.26. The van der Waals surface area contributed by atoms with Gasteiger partial charge in [-0.25, -0.2) is 0 Å². The van der Waals surface area contributed by atoms with E-state index < -0.39 is 0 Å². The molecule has 0 aliphatic carbocycles. The van der Waals surface area contributed by atoms with Crippen LogP contribution in [0.1, 0.15) is 40.0 Å². The first-order chi connectivity index (χ1) is 8.01. The van der Waals surface area contributed by atoms with Gasteiger partial charge in [-0.3, -0.25) is 0 Å². The lowest BCUT2D eigenvalue weighted by molar-refractivity contribution is 0.185. The van der Waals surface area contributed by atoms with E-state index in [1.807, 2.05) is 0 Å². The lowest BCUT2D eigenvalue weighted by Gasteiger charge is -2.31. The van der Waals surface area contributed by atoms with Crippen molar-refractivity contribution in [2.24, 2.45) is 17.1 Å². The summed E-state index contributed by atoms with van der Waals surface area (Å²) in [5.74, 6) is 0.879. The monoisotopic (exact) mass is 241 g/mol. The Bertz CT molecular complexity index is 190. The van der Waals surface area contributed by atoms with Crippen molar-refractivity contribution in [3.05, 3.63) is 0 Å². The molecule has 3 N–H and O–H groups in total. The third-order valence-electron chi connectivity index (χ3n) is 3.64. The highest BCUT2D eigenvalue weighted by Crippen LogP contribution is 2.18. The first kappa shape index (κ1) is 14.9. The molecule has 1 fully saturated rings. The van der Waals surface area contributed by atoms with Crippen molar-refractivity contribution in [2.75, 3.05) is 39.3 Å². The fraction of sp³-hybridized carbons (Fsp3) is 1.00. The van der Waals surface area contributed by atoms with Crippen molar-refractivity contribution in [1.29, 1.82) is 0 Å². The van der Waals surface area contributed by atoms with E-state index in [4.69, 9.17) is 5.73 Å². The van der Waals surface area contributed by atoms with Crippen LogP contribution in [0.15, 0.2) is 0 Å². The maximum absolute atomic E-state index is 5.58. The summed E-state index contributed by atoms with van der Waals surface area (Å²) in [5.41, 5.74) is 6.03. The molecule has 0 aromatic heterocycles. The maximum Gasteiger partial charge on any atom is 0.0105 e. The van der Waals surface area contributed by atoms with Crippen molar-refractivity contribution >= 4 is 0 Å². The largest absolute Gasteiger partial charge is 0.329 e. The van der Waals surface area contributed by atoms with Gasteiger partial charge in [0.15, 0.2) is 0 Å². The molecule has 17 heavy (non-hydrogen) atoms. The molecule has 0 bridgehead atoms. The van der Waals surface area contributed by atoms with Crippen molar-refractivity contribution in [3.8, 4) is 0 Å². The fourth-order valence-electron chi connectivity index (χ4n) is 2.37. The minimum absolute atomic E-state index is 0.456. The normalized spacial score (nSPS) is 19.8. The molecular formula is C14H31N3. The van der Waals surface area contributed by atoms with Crippen LogP contribution in [0.3, 0.4) is 0 Å². The van der Waals surface area contributed by atoms with Gasteiger partial charge in [0.2, 0.25) is 0 Å². The number of likely N-dealkylation sites (tertiary alicyclic amines) is 1. The lowest BCUT2D eigenvalue weighted by Crippen LogP contribution is -2.39. The number of nitrogens with zero attached hydrogens (tertiary/aromatic N) is 1. The molecule has 1 aliphatic heterocycles. The molecule has 0 spiro atoms. The summed E-state index contributed by atoms with van der Waals surface area (Å²) in [5, 5.41) is 3.62. The van der Waals surface area contributed by atoms with Gasteiger partial charge in [0.05, 0.1) is 0 Å². The van der Waals surface area contributed by atoms with E-state index in [1.165, 1.54) is 38.9 Å². The molecule has 0 amide bonds. The van der Waals surface area contributed by atoms with E-state index in [2.05, 4.69) is 31.0 Å². The van der Waals surface area contributed by atoms with Gasteiger partial charge in [-0.1, -0.05) is 20.8 Å². The van der Waals surface area contributed by atoms with Gasteiger partial charge in [0, 0.05) is 13.1 Å². The predicted molar refractivity (Wildman–Crippen MR) is 75.2 cm³/mol. The third-order valence-corrected chi connectivity index (χ3v) is 3.64. The number of hydrogen-bond acceptors (Lipinski definition) is 3. The predicted octanol–water partition coefficient (Wildman–Crippen LogP) is 1.68. The summed E-state index contributed by atoms with van der Waals surface area (Å²) < 4.78 is 0. The van der Waals surface area contributed by atoms with Crippen LogP contribution in [0.25, 0.3) is 0 Å². The average molecular weight is 241 g/mol. The fourth-order valence-corrected chi connectivity index (χ4v) is 2.37. The minimum atomic E-state index is 0.456. The maximum atomic E-state index is 5.58. The minimum Gasteiger partial charge on any atom is -0.329 e. The smallest absolute Gasteiger partial charge is 0.0105 e. The second-order valence-corrected chi connectivity index (χ2v) is 6.59. The highest BCUT2D eigenvalue weighted by Gasteiger charge is 2.18. The first-order valence-electron chi connectivity index (χ1n) is 7.14. The molecule has 0 aromatic rings. The molecule has 3 heteroatoms. The molecular weight excluding hydrogens is 210 g/mol. The van der Waals surface area contributed by atoms with Crippen LogP contribution < -0.4 is 11.1 Å². The number of hydrogen-bond donors (Lipinski definition) is 2. The summed E-state index contributed by atoms with van der Waals surface area (Å²) in [6, 6.07) is 0. The summed E-state index contributed by atoms with van der Waals surface area (Å²) in [7, 11) is 0. The molecule has 0 unspecified atom stereocenters. The van der Waals surface area contributed by atoms with Crippen molar-refractivity contribution < 1.29 is 0 Å². The first-order valence-corrected chi connectivity index (χ1v) is 7.14. The molecule has 0 aromatic carbocycles. The van der Waals surface area contributed by atoms with Gasteiger partial charge in [0.25, 0.3) is 0 Å². The Kier molecular flexibility index (Phi) is 6.45. The van der Waals surface area contributed by atoms with E-state index in [9.17, 15) is 0 Å². The highest BCUT2D eigenvalue weighted by atomic mass is 15.1. The summed E-state index contributed by atoms with van der Waals surface area (Å²) >= 11 is 0. The Hall–Kier alpha value is -0.120. The van der Waals surface area contributed by atoms with Gasteiger partial charge < -0.3 is 16.0 Å². The standard InChI is InChI=1S/C14H31N3/c1-14(2,3)6-8-16-12-13-4-9-17(10-5-13)11-7-15/h13,16H,4-12,15H2,1-3H3. The van der Waals surface area contributed by atoms with Gasteiger partial charge in [-0.05, 0) is 56.8 Å². The van der Waals surface area contributed by atoms with Crippen molar-refractivity contribution in [3.63, 3.8) is 0 Å². The molecule has 1 aliphatic rings. The molecule has 0 saturated carbocycles. The Morgan fingerprint density at radius 1 is 1.24 bits per heavy atom. The van der Waals surface area contributed by atoms with Crippen LogP contribution in [0.5, 0.6) is 0 Å². The van der Waals surface area contributed by atoms with E-state index in [-0.39, 0.29) is 0 Å². The molecule has 1 rings (SSSR count). The van der Waals surface area contributed by atoms with E-state index in [0.717, 1.165) is 25.6 Å². The van der Waals surface area contributed by atoms with Crippen LogP contribution in [0.2, 0.25) is 0 Å². The van der Waals surface area contributed by atoms with Crippen molar-refractivity contribution in [1.82, 2.24) is 10.2 Å². The number of rotatable bonds is 6. The number of nitrogens with two attached hydrogens (primary N) is 1. The molecule has 1 heterocycles. The Morgan fingerprint density at radius 2 is 1.88 bits per heavy atom. The van der Waals surface area contributed by atoms with E-state index >= 15 is 0 Å². The quantitative estimate of drug-likeness (QED) is 0.695. The van der Waals surface area contributed by atoms with Crippen LogP contribution in [0.4, 0.5) is 0 Å². The molecule has 1 saturated heterocycles.